The third-order valence-corrected chi connectivity index (χ3v) is 3.92. The standard InChI is InChI=1S/C6H9NO2S2/c1-7(2)11(8,9)6-3-4-10-5-6/h3-5H,1-2H3. The highest BCUT2D eigenvalue weighted by molar-refractivity contribution is 7.89. The largest absolute Gasteiger partial charge is 0.243 e. The third-order valence-electron chi connectivity index (χ3n) is 1.27. The van der Waals surface area contributed by atoms with Crippen LogP contribution in [-0.4, -0.2) is 26.8 Å². The van der Waals surface area contributed by atoms with Gasteiger partial charge in [-0.3, -0.25) is 0 Å². The van der Waals surface area contributed by atoms with Crippen LogP contribution in [-0.2, 0) is 10.0 Å². The van der Waals surface area contributed by atoms with Gasteiger partial charge in [-0.05, 0) is 11.4 Å². The van der Waals surface area contributed by atoms with Gasteiger partial charge in [0, 0.05) is 19.5 Å². The van der Waals surface area contributed by atoms with Gasteiger partial charge in [0.2, 0.25) is 10.0 Å². The SMILES string of the molecule is CN(C)S(=O)(=O)c1ccsc1. The Morgan fingerprint density at radius 2 is 2.09 bits per heavy atom. The fourth-order valence-corrected chi connectivity index (χ4v) is 2.53. The Hall–Kier alpha value is -0.390. The normalized spacial score (nSPS) is 12.3. The average Bonchev–Trinajstić information content (AvgIpc) is 2.37. The van der Waals surface area contributed by atoms with Crippen molar-refractivity contribution in [2.45, 2.75) is 4.90 Å². The number of thiophene rings is 1. The molecule has 0 amide bonds. The maximum Gasteiger partial charge on any atom is 0.243 e. The first-order valence-corrected chi connectivity index (χ1v) is 5.38. The smallest absolute Gasteiger partial charge is 0.207 e. The number of nitrogens with zero attached hydrogens (tertiary/aromatic N) is 1. The summed E-state index contributed by atoms with van der Waals surface area (Å²) in [5.41, 5.74) is 0. The fraction of sp³-hybridized carbons (Fsp3) is 0.333. The molecule has 11 heavy (non-hydrogen) atoms. The quantitative estimate of drug-likeness (QED) is 0.699. The molecule has 0 saturated carbocycles. The summed E-state index contributed by atoms with van der Waals surface area (Å²) in [7, 11) is -0.148. The molecule has 0 aliphatic rings. The fourth-order valence-electron chi connectivity index (χ4n) is 0.610. The van der Waals surface area contributed by atoms with E-state index in [1.54, 1.807) is 16.8 Å². The van der Waals surface area contributed by atoms with E-state index in [4.69, 9.17) is 0 Å². The van der Waals surface area contributed by atoms with Gasteiger partial charge in [0.05, 0.1) is 4.90 Å². The molecule has 5 heteroatoms. The van der Waals surface area contributed by atoms with Gasteiger partial charge in [-0.2, -0.15) is 11.3 Å². The first kappa shape index (κ1) is 8.70. The molecule has 1 heterocycles. The number of rotatable bonds is 2. The van der Waals surface area contributed by atoms with E-state index >= 15 is 0 Å². The van der Waals surface area contributed by atoms with Crippen molar-refractivity contribution in [1.82, 2.24) is 4.31 Å². The summed E-state index contributed by atoms with van der Waals surface area (Å²) in [6, 6.07) is 1.60. The Kier molecular flexibility index (Phi) is 2.31. The lowest BCUT2D eigenvalue weighted by atomic mass is 10.7. The Balaban J connectivity index is 3.12. The minimum Gasteiger partial charge on any atom is -0.207 e. The van der Waals surface area contributed by atoms with Gasteiger partial charge in [0.15, 0.2) is 0 Å². The summed E-state index contributed by atoms with van der Waals surface area (Å²) in [6.45, 7) is 0. The lowest BCUT2D eigenvalue weighted by Crippen LogP contribution is -2.21. The van der Waals surface area contributed by atoms with E-state index in [1.165, 1.54) is 29.7 Å². The number of hydrogen-bond donors (Lipinski definition) is 0. The highest BCUT2D eigenvalue weighted by Crippen LogP contribution is 2.15. The predicted octanol–water partition coefficient (Wildman–Crippen LogP) is 0.998. The van der Waals surface area contributed by atoms with Gasteiger partial charge in [-0.25, -0.2) is 12.7 Å². The van der Waals surface area contributed by atoms with E-state index in [0.717, 1.165) is 0 Å². The molecule has 1 rings (SSSR count). The Morgan fingerprint density at radius 1 is 1.45 bits per heavy atom. The van der Waals surface area contributed by atoms with E-state index in [2.05, 4.69) is 0 Å². The summed E-state index contributed by atoms with van der Waals surface area (Å²) >= 11 is 1.38. The van der Waals surface area contributed by atoms with E-state index in [-0.39, 0.29) is 0 Å². The van der Waals surface area contributed by atoms with Crippen LogP contribution in [0.4, 0.5) is 0 Å². The average molecular weight is 191 g/mol. The van der Waals surface area contributed by atoms with Crippen molar-refractivity contribution in [3.05, 3.63) is 16.8 Å². The molecule has 3 nitrogen and oxygen atoms in total. The van der Waals surface area contributed by atoms with Crippen molar-refractivity contribution in [2.24, 2.45) is 0 Å². The van der Waals surface area contributed by atoms with Crippen LogP contribution in [0.1, 0.15) is 0 Å². The van der Waals surface area contributed by atoms with E-state index < -0.39 is 10.0 Å². The highest BCUT2D eigenvalue weighted by atomic mass is 32.2. The predicted molar refractivity (Wildman–Crippen MR) is 45.2 cm³/mol. The van der Waals surface area contributed by atoms with E-state index in [1.807, 2.05) is 0 Å². The van der Waals surface area contributed by atoms with E-state index in [9.17, 15) is 8.42 Å². The maximum atomic E-state index is 11.3. The molecule has 0 radical (unpaired) electrons. The molecule has 62 valence electrons. The molecular weight excluding hydrogens is 182 g/mol. The lowest BCUT2D eigenvalue weighted by Gasteiger charge is -2.08. The van der Waals surface area contributed by atoms with Crippen LogP contribution < -0.4 is 0 Å². The van der Waals surface area contributed by atoms with Crippen LogP contribution in [0.5, 0.6) is 0 Å². The van der Waals surface area contributed by atoms with Gasteiger partial charge in [0.1, 0.15) is 0 Å². The van der Waals surface area contributed by atoms with Crippen molar-refractivity contribution >= 4 is 21.4 Å². The molecule has 0 atom stereocenters. The molecule has 0 saturated heterocycles. The highest BCUT2D eigenvalue weighted by Gasteiger charge is 2.16. The van der Waals surface area contributed by atoms with Crippen molar-refractivity contribution in [1.29, 1.82) is 0 Å². The lowest BCUT2D eigenvalue weighted by molar-refractivity contribution is 0.521. The van der Waals surface area contributed by atoms with Gasteiger partial charge >= 0.3 is 0 Å². The molecule has 0 aliphatic heterocycles. The van der Waals surface area contributed by atoms with Crippen LogP contribution in [0.3, 0.4) is 0 Å². The molecule has 1 aromatic heterocycles. The molecule has 0 N–H and O–H groups in total. The van der Waals surface area contributed by atoms with Crippen molar-refractivity contribution in [2.75, 3.05) is 14.1 Å². The summed E-state index contributed by atoms with van der Waals surface area (Å²) in [5.74, 6) is 0. The zero-order chi connectivity index (χ0) is 8.48. The summed E-state index contributed by atoms with van der Waals surface area (Å²) < 4.78 is 23.9. The summed E-state index contributed by atoms with van der Waals surface area (Å²) in [6.07, 6.45) is 0. The molecule has 0 bridgehead atoms. The van der Waals surface area contributed by atoms with Gasteiger partial charge < -0.3 is 0 Å². The van der Waals surface area contributed by atoms with Crippen LogP contribution in [0.25, 0.3) is 0 Å². The second-order valence-electron chi connectivity index (χ2n) is 2.25. The van der Waals surface area contributed by atoms with Crippen LogP contribution in [0.2, 0.25) is 0 Å². The number of hydrogen-bond acceptors (Lipinski definition) is 3. The van der Waals surface area contributed by atoms with Crippen LogP contribution in [0.15, 0.2) is 21.7 Å². The van der Waals surface area contributed by atoms with Crippen molar-refractivity contribution in [3.63, 3.8) is 0 Å². The Bertz CT molecular complexity index is 312. The summed E-state index contributed by atoms with van der Waals surface area (Å²) in [5, 5.41) is 3.37. The van der Waals surface area contributed by atoms with Crippen molar-refractivity contribution in [3.8, 4) is 0 Å². The van der Waals surface area contributed by atoms with Gasteiger partial charge in [-0.1, -0.05) is 0 Å². The first-order valence-electron chi connectivity index (χ1n) is 3.00. The monoisotopic (exact) mass is 191 g/mol. The number of sulfonamides is 1. The third kappa shape index (κ3) is 1.61. The minimum atomic E-state index is -3.19. The zero-order valence-corrected chi connectivity index (χ0v) is 7.95. The van der Waals surface area contributed by atoms with E-state index in [0.29, 0.717) is 4.90 Å². The molecule has 0 unspecified atom stereocenters. The van der Waals surface area contributed by atoms with Crippen molar-refractivity contribution < 1.29 is 8.42 Å². The maximum absolute atomic E-state index is 11.3. The topological polar surface area (TPSA) is 37.4 Å². The molecule has 0 spiro atoms. The zero-order valence-electron chi connectivity index (χ0n) is 6.31. The molecular formula is C6H9NO2S2. The molecule has 1 aromatic rings. The first-order chi connectivity index (χ1) is 5.05. The molecule has 0 fully saturated rings. The minimum absolute atomic E-state index is 0.368. The molecule has 0 aliphatic carbocycles. The summed E-state index contributed by atoms with van der Waals surface area (Å²) in [4.78, 5) is 0.368. The van der Waals surface area contributed by atoms with Crippen LogP contribution in [0, 0.1) is 0 Å². The second kappa shape index (κ2) is 2.92. The van der Waals surface area contributed by atoms with Gasteiger partial charge in [0.25, 0.3) is 0 Å². The second-order valence-corrected chi connectivity index (χ2v) is 5.18. The van der Waals surface area contributed by atoms with Gasteiger partial charge in [-0.15, -0.1) is 0 Å². The Labute approximate surface area is 70.3 Å². The molecule has 0 aromatic carbocycles. The Morgan fingerprint density at radius 3 is 2.45 bits per heavy atom. The van der Waals surface area contributed by atoms with Crippen LogP contribution >= 0.6 is 11.3 Å².